The van der Waals surface area contributed by atoms with Crippen molar-refractivity contribution >= 4 is 11.9 Å². The van der Waals surface area contributed by atoms with Crippen molar-refractivity contribution in [3.63, 3.8) is 0 Å². The molecule has 0 radical (unpaired) electrons. The molecule has 2 saturated carbocycles. The van der Waals surface area contributed by atoms with Gasteiger partial charge in [-0.3, -0.25) is 4.79 Å². The second kappa shape index (κ2) is 5.05. The van der Waals surface area contributed by atoms with E-state index in [2.05, 4.69) is 5.32 Å². The second-order valence-corrected chi connectivity index (χ2v) is 7.93. The van der Waals surface area contributed by atoms with Crippen LogP contribution in [-0.2, 0) is 9.53 Å². The number of fused-ring (bicyclic) bond motifs is 2. The van der Waals surface area contributed by atoms with Crippen LogP contribution in [0, 0.1) is 17.8 Å². The SMILES string of the molecule is CC1CC2CC(CC(C)(NC(=O)OC(C)(C)C)C2)C1=O. The summed E-state index contributed by atoms with van der Waals surface area (Å²) in [4.78, 5) is 24.2. The largest absolute Gasteiger partial charge is 0.444 e. The third kappa shape index (κ3) is 3.53. The first-order chi connectivity index (χ1) is 9.08. The molecule has 4 nitrogen and oxygen atoms in total. The van der Waals surface area contributed by atoms with E-state index in [1.165, 1.54) is 0 Å². The van der Waals surface area contributed by atoms with E-state index in [-0.39, 0.29) is 23.5 Å². The molecule has 0 aliphatic heterocycles. The van der Waals surface area contributed by atoms with E-state index in [0.717, 1.165) is 25.7 Å². The topological polar surface area (TPSA) is 55.4 Å². The van der Waals surface area contributed by atoms with Gasteiger partial charge in [-0.05, 0) is 59.3 Å². The van der Waals surface area contributed by atoms with Gasteiger partial charge in [-0.1, -0.05) is 6.92 Å². The molecule has 4 unspecified atom stereocenters. The van der Waals surface area contributed by atoms with Gasteiger partial charge in [0.1, 0.15) is 11.4 Å². The lowest BCUT2D eigenvalue weighted by atomic mass is 9.62. The number of Topliss-reactive ketones (excluding diaryl/α,β-unsaturated/α-hetero) is 1. The average Bonchev–Trinajstić information content (AvgIpc) is 2.21. The molecule has 1 N–H and O–H groups in total. The summed E-state index contributed by atoms with van der Waals surface area (Å²) in [5.41, 5.74) is -0.805. The molecule has 0 saturated heterocycles. The third-order valence-electron chi connectivity index (χ3n) is 4.43. The zero-order valence-electron chi connectivity index (χ0n) is 13.3. The fourth-order valence-electron chi connectivity index (χ4n) is 3.90. The first-order valence-corrected chi connectivity index (χ1v) is 7.63. The van der Waals surface area contributed by atoms with Gasteiger partial charge in [0.25, 0.3) is 0 Å². The monoisotopic (exact) mass is 281 g/mol. The van der Waals surface area contributed by atoms with Crippen molar-refractivity contribution in [1.29, 1.82) is 0 Å². The van der Waals surface area contributed by atoms with Gasteiger partial charge in [0.05, 0.1) is 0 Å². The summed E-state index contributed by atoms with van der Waals surface area (Å²) in [5.74, 6) is 1.21. The van der Waals surface area contributed by atoms with Crippen molar-refractivity contribution in [1.82, 2.24) is 5.32 Å². The standard InChI is InChI=1S/C16H27NO3/c1-10-6-11-7-12(13(10)18)9-16(5,8-11)17-14(19)20-15(2,3)4/h10-12H,6-9H2,1-5H3,(H,17,19). The molecule has 0 aromatic heterocycles. The minimum Gasteiger partial charge on any atom is -0.444 e. The van der Waals surface area contributed by atoms with E-state index in [1.54, 1.807) is 0 Å². The molecule has 0 spiro atoms. The number of ether oxygens (including phenoxy) is 1. The van der Waals surface area contributed by atoms with E-state index in [9.17, 15) is 9.59 Å². The maximum atomic E-state index is 12.2. The predicted octanol–water partition coefficient (Wildman–Crippen LogP) is 3.30. The maximum Gasteiger partial charge on any atom is 0.408 e. The molecular formula is C16H27NO3. The highest BCUT2D eigenvalue weighted by molar-refractivity contribution is 5.84. The summed E-state index contributed by atoms with van der Waals surface area (Å²) in [6.45, 7) is 9.64. The minimum absolute atomic E-state index is 0.109. The lowest BCUT2D eigenvalue weighted by molar-refractivity contribution is -0.133. The molecule has 2 aliphatic carbocycles. The molecule has 2 rings (SSSR count). The molecule has 0 aromatic rings. The zero-order valence-corrected chi connectivity index (χ0v) is 13.3. The Morgan fingerprint density at radius 3 is 2.55 bits per heavy atom. The molecule has 4 heteroatoms. The predicted molar refractivity (Wildman–Crippen MR) is 77.4 cm³/mol. The van der Waals surface area contributed by atoms with Crippen molar-refractivity contribution in [2.45, 2.75) is 71.4 Å². The number of carbonyl (C=O) groups excluding carboxylic acids is 2. The van der Waals surface area contributed by atoms with Gasteiger partial charge < -0.3 is 10.1 Å². The highest BCUT2D eigenvalue weighted by Crippen LogP contribution is 2.44. The summed E-state index contributed by atoms with van der Waals surface area (Å²) in [5, 5.41) is 3.00. The number of hydrogen-bond donors (Lipinski definition) is 1. The van der Waals surface area contributed by atoms with Crippen molar-refractivity contribution in [2.75, 3.05) is 0 Å². The number of alkyl carbamates (subject to hydrolysis) is 1. The van der Waals surface area contributed by atoms with Crippen LogP contribution in [0.25, 0.3) is 0 Å². The first kappa shape index (κ1) is 15.3. The van der Waals surface area contributed by atoms with E-state index in [1.807, 2.05) is 34.6 Å². The van der Waals surface area contributed by atoms with Gasteiger partial charge in [0.15, 0.2) is 0 Å². The normalized spacial score (nSPS) is 37.5. The summed E-state index contributed by atoms with van der Waals surface area (Å²) >= 11 is 0. The molecule has 114 valence electrons. The van der Waals surface area contributed by atoms with E-state index < -0.39 is 5.60 Å². The Balaban J connectivity index is 2.02. The van der Waals surface area contributed by atoms with Gasteiger partial charge >= 0.3 is 6.09 Å². The molecule has 20 heavy (non-hydrogen) atoms. The number of amides is 1. The number of ketones is 1. The van der Waals surface area contributed by atoms with Gasteiger partial charge in [-0.2, -0.15) is 0 Å². The number of rotatable bonds is 1. The Kier molecular flexibility index (Phi) is 3.87. The Bertz CT molecular complexity index is 410. The van der Waals surface area contributed by atoms with E-state index in [4.69, 9.17) is 4.74 Å². The maximum absolute atomic E-state index is 12.2. The molecule has 0 heterocycles. The summed E-state index contributed by atoms with van der Waals surface area (Å²) in [6.07, 6.45) is 3.27. The fourth-order valence-corrected chi connectivity index (χ4v) is 3.90. The summed E-state index contributed by atoms with van der Waals surface area (Å²) < 4.78 is 5.34. The molecule has 2 aliphatic rings. The molecule has 1 amide bonds. The quantitative estimate of drug-likeness (QED) is 0.802. The van der Waals surface area contributed by atoms with Crippen molar-refractivity contribution in [3.8, 4) is 0 Å². The van der Waals surface area contributed by atoms with Crippen LogP contribution in [-0.4, -0.2) is 23.0 Å². The van der Waals surface area contributed by atoms with E-state index in [0.29, 0.717) is 11.7 Å². The van der Waals surface area contributed by atoms with Crippen LogP contribution in [0.2, 0.25) is 0 Å². The van der Waals surface area contributed by atoms with Crippen LogP contribution in [0.5, 0.6) is 0 Å². The van der Waals surface area contributed by atoms with Crippen LogP contribution in [0.4, 0.5) is 4.79 Å². The highest BCUT2D eigenvalue weighted by atomic mass is 16.6. The third-order valence-corrected chi connectivity index (χ3v) is 4.43. The van der Waals surface area contributed by atoms with Crippen LogP contribution >= 0.6 is 0 Å². The van der Waals surface area contributed by atoms with Crippen LogP contribution in [0.1, 0.15) is 60.3 Å². The van der Waals surface area contributed by atoms with Crippen LogP contribution in [0.15, 0.2) is 0 Å². The molecule has 0 aromatic carbocycles. The van der Waals surface area contributed by atoms with Gasteiger partial charge in [0.2, 0.25) is 0 Å². The average molecular weight is 281 g/mol. The second-order valence-electron chi connectivity index (χ2n) is 7.93. The molecular weight excluding hydrogens is 254 g/mol. The highest BCUT2D eigenvalue weighted by Gasteiger charge is 2.46. The Morgan fingerprint density at radius 2 is 1.95 bits per heavy atom. The van der Waals surface area contributed by atoms with Crippen molar-refractivity contribution in [2.24, 2.45) is 17.8 Å². The summed E-state index contributed by atoms with van der Waals surface area (Å²) in [7, 11) is 0. The van der Waals surface area contributed by atoms with Crippen LogP contribution in [0.3, 0.4) is 0 Å². The molecule has 4 atom stereocenters. The minimum atomic E-state index is -0.491. The fraction of sp³-hybridized carbons (Fsp3) is 0.875. The van der Waals surface area contributed by atoms with Crippen LogP contribution < -0.4 is 5.32 Å². The van der Waals surface area contributed by atoms with Gasteiger partial charge in [-0.15, -0.1) is 0 Å². The molecule has 2 fully saturated rings. The molecule has 2 bridgehead atoms. The Labute approximate surface area is 121 Å². The lowest BCUT2D eigenvalue weighted by Gasteiger charge is -2.46. The Hall–Kier alpha value is -1.06. The number of carbonyl (C=O) groups is 2. The smallest absolute Gasteiger partial charge is 0.408 e. The lowest BCUT2D eigenvalue weighted by Crippen LogP contribution is -2.55. The number of hydrogen-bond acceptors (Lipinski definition) is 3. The zero-order chi connectivity index (χ0) is 15.1. The Morgan fingerprint density at radius 1 is 1.30 bits per heavy atom. The van der Waals surface area contributed by atoms with E-state index >= 15 is 0 Å². The van der Waals surface area contributed by atoms with Gasteiger partial charge in [0, 0.05) is 17.4 Å². The summed E-state index contributed by atoms with van der Waals surface area (Å²) in [6, 6.07) is 0. The first-order valence-electron chi connectivity index (χ1n) is 7.63. The van der Waals surface area contributed by atoms with Crippen molar-refractivity contribution < 1.29 is 14.3 Å². The van der Waals surface area contributed by atoms with Gasteiger partial charge in [-0.25, -0.2) is 4.79 Å². The number of nitrogens with one attached hydrogen (secondary N) is 1. The van der Waals surface area contributed by atoms with Crippen molar-refractivity contribution in [3.05, 3.63) is 0 Å².